The summed E-state index contributed by atoms with van der Waals surface area (Å²) >= 11 is 6.24. The molecule has 1 aromatic carbocycles. The third-order valence-corrected chi connectivity index (χ3v) is 3.85. The van der Waals surface area contributed by atoms with Crippen LogP contribution in [-0.4, -0.2) is 16.3 Å². The molecule has 0 bridgehead atoms. The average Bonchev–Trinajstić information content (AvgIpc) is 3.02. The van der Waals surface area contributed by atoms with Crippen molar-refractivity contribution >= 4 is 17.4 Å². The van der Waals surface area contributed by atoms with Crippen LogP contribution in [0.15, 0.2) is 12.1 Å². The van der Waals surface area contributed by atoms with Crippen LogP contribution >= 0.6 is 11.6 Å². The summed E-state index contributed by atoms with van der Waals surface area (Å²) in [7, 11) is 0. The first-order valence-electron chi connectivity index (χ1n) is 6.98. The van der Waals surface area contributed by atoms with Gasteiger partial charge in [-0.1, -0.05) is 25.4 Å². The van der Waals surface area contributed by atoms with Crippen LogP contribution in [0.4, 0.5) is 5.82 Å². The maximum absolute atomic E-state index is 6.27. The van der Waals surface area contributed by atoms with E-state index in [0.29, 0.717) is 28.3 Å². The second-order valence-electron chi connectivity index (χ2n) is 5.29. The highest BCUT2D eigenvalue weighted by Gasteiger charge is 2.23. The number of nitrogens with zero attached hydrogens (tertiary/aromatic N) is 2. The lowest BCUT2D eigenvalue weighted by Crippen LogP contribution is -2.06. The molecule has 2 heterocycles. The summed E-state index contributed by atoms with van der Waals surface area (Å²) in [6.45, 7) is 7.23. The van der Waals surface area contributed by atoms with Crippen molar-refractivity contribution in [2.45, 2.75) is 33.2 Å². The van der Waals surface area contributed by atoms with Crippen molar-refractivity contribution in [3.05, 3.63) is 23.0 Å². The van der Waals surface area contributed by atoms with Gasteiger partial charge in [0.15, 0.2) is 11.5 Å². The number of halogens is 1. The number of anilines is 1. The van der Waals surface area contributed by atoms with Crippen molar-refractivity contribution in [2.75, 3.05) is 12.5 Å². The van der Waals surface area contributed by atoms with Crippen LogP contribution in [0, 0.1) is 0 Å². The molecule has 0 saturated heterocycles. The lowest BCUT2D eigenvalue weighted by Gasteiger charge is -2.08. The van der Waals surface area contributed by atoms with Crippen LogP contribution in [0.5, 0.6) is 11.5 Å². The molecule has 3 rings (SSSR count). The maximum atomic E-state index is 6.27. The summed E-state index contributed by atoms with van der Waals surface area (Å²) in [5, 5.41) is 0.511. The molecule has 0 unspecified atom stereocenters. The van der Waals surface area contributed by atoms with Gasteiger partial charge < -0.3 is 19.8 Å². The third-order valence-electron chi connectivity index (χ3n) is 3.57. The first-order chi connectivity index (χ1) is 10.0. The molecule has 0 fully saturated rings. The van der Waals surface area contributed by atoms with Crippen LogP contribution in [0.25, 0.3) is 11.3 Å². The van der Waals surface area contributed by atoms with Gasteiger partial charge in [0, 0.05) is 18.0 Å². The molecule has 2 N–H and O–H groups in total. The van der Waals surface area contributed by atoms with Crippen molar-refractivity contribution in [1.82, 2.24) is 9.55 Å². The first kappa shape index (κ1) is 14.1. The lowest BCUT2D eigenvalue weighted by molar-refractivity contribution is 0.174. The van der Waals surface area contributed by atoms with Crippen LogP contribution in [0.3, 0.4) is 0 Å². The summed E-state index contributed by atoms with van der Waals surface area (Å²) in [5.41, 5.74) is 7.85. The number of nitrogens with two attached hydrogens (primary N) is 1. The number of hydrogen-bond acceptors (Lipinski definition) is 4. The van der Waals surface area contributed by atoms with Gasteiger partial charge >= 0.3 is 0 Å². The number of rotatable bonds is 3. The van der Waals surface area contributed by atoms with E-state index in [2.05, 4.69) is 20.8 Å². The fraction of sp³-hybridized carbons (Fsp3) is 0.400. The normalized spacial score (nSPS) is 13.2. The quantitative estimate of drug-likeness (QED) is 0.940. The second kappa shape index (κ2) is 5.15. The SMILES string of the molecule is CCn1c(C(C)C)nc(-c2cc(Cl)c3c(c2)OCO3)c1N. The molecule has 112 valence electrons. The molecule has 0 amide bonds. The number of hydrogen-bond donors (Lipinski definition) is 1. The number of benzene rings is 1. The predicted molar refractivity (Wildman–Crippen MR) is 83.0 cm³/mol. The molecule has 0 radical (unpaired) electrons. The molecule has 1 aliphatic rings. The number of ether oxygens (including phenoxy) is 2. The second-order valence-corrected chi connectivity index (χ2v) is 5.70. The van der Waals surface area contributed by atoms with Gasteiger partial charge in [-0.2, -0.15) is 0 Å². The molecule has 6 heteroatoms. The molecule has 2 aromatic rings. The number of nitrogen functional groups attached to an aromatic ring is 1. The highest BCUT2D eigenvalue weighted by Crippen LogP contribution is 2.43. The number of fused-ring (bicyclic) bond motifs is 1. The number of imidazole rings is 1. The van der Waals surface area contributed by atoms with Crippen molar-refractivity contribution in [2.24, 2.45) is 0 Å². The first-order valence-corrected chi connectivity index (χ1v) is 7.36. The Bertz CT molecular complexity index is 695. The Morgan fingerprint density at radius 1 is 1.38 bits per heavy atom. The standard InChI is InChI=1S/C15H18ClN3O2/c1-4-19-14(17)12(18-15(19)8(2)3)9-5-10(16)13-11(6-9)20-7-21-13/h5-6,8H,4,7,17H2,1-3H3. The summed E-state index contributed by atoms with van der Waals surface area (Å²) in [4.78, 5) is 4.70. The lowest BCUT2D eigenvalue weighted by atomic mass is 10.1. The third kappa shape index (κ3) is 2.21. The zero-order valence-corrected chi connectivity index (χ0v) is 13.1. The molecule has 5 nitrogen and oxygen atoms in total. The molecule has 0 spiro atoms. The minimum atomic E-state index is 0.189. The van der Waals surface area contributed by atoms with Gasteiger partial charge in [-0.3, -0.25) is 0 Å². The summed E-state index contributed by atoms with van der Waals surface area (Å²) in [5.74, 6) is 3.13. The highest BCUT2D eigenvalue weighted by atomic mass is 35.5. The van der Waals surface area contributed by atoms with Gasteiger partial charge in [0.2, 0.25) is 6.79 Å². The Kier molecular flexibility index (Phi) is 3.45. The monoisotopic (exact) mass is 307 g/mol. The van der Waals surface area contributed by atoms with Gasteiger partial charge in [0.05, 0.1) is 5.02 Å². The predicted octanol–water partition coefficient (Wildman–Crippen LogP) is 3.66. The van der Waals surface area contributed by atoms with Crippen molar-refractivity contribution in [3.8, 4) is 22.8 Å². The molecule has 0 aliphatic carbocycles. The molecular weight excluding hydrogens is 290 g/mol. The molecule has 1 aromatic heterocycles. The van der Waals surface area contributed by atoms with E-state index in [1.807, 2.05) is 16.7 Å². The van der Waals surface area contributed by atoms with Crippen LogP contribution in [0.1, 0.15) is 32.5 Å². The van der Waals surface area contributed by atoms with Gasteiger partial charge in [0.25, 0.3) is 0 Å². The Labute approximate surface area is 128 Å². The average molecular weight is 308 g/mol. The number of aromatic nitrogens is 2. The van der Waals surface area contributed by atoms with Crippen molar-refractivity contribution in [3.63, 3.8) is 0 Å². The van der Waals surface area contributed by atoms with Crippen LogP contribution < -0.4 is 15.2 Å². The van der Waals surface area contributed by atoms with E-state index in [-0.39, 0.29) is 6.79 Å². The molecule has 0 atom stereocenters. The summed E-state index contributed by atoms with van der Waals surface area (Å²) in [6, 6.07) is 3.69. The van der Waals surface area contributed by atoms with E-state index >= 15 is 0 Å². The van der Waals surface area contributed by atoms with Gasteiger partial charge in [0.1, 0.15) is 17.3 Å². The van der Waals surface area contributed by atoms with Gasteiger partial charge in [-0.05, 0) is 19.1 Å². The Balaban J connectivity index is 2.15. The molecule has 0 saturated carbocycles. The summed E-state index contributed by atoms with van der Waals surface area (Å²) < 4.78 is 12.8. The minimum Gasteiger partial charge on any atom is -0.454 e. The van der Waals surface area contributed by atoms with E-state index < -0.39 is 0 Å². The smallest absolute Gasteiger partial charge is 0.231 e. The zero-order valence-electron chi connectivity index (χ0n) is 12.3. The Hall–Kier alpha value is -1.88. The molecule has 21 heavy (non-hydrogen) atoms. The van der Waals surface area contributed by atoms with E-state index in [9.17, 15) is 0 Å². The van der Waals surface area contributed by atoms with E-state index in [0.717, 1.165) is 23.6 Å². The molecule has 1 aliphatic heterocycles. The Morgan fingerprint density at radius 2 is 2.14 bits per heavy atom. The van der Waals surface area contributed by atoms with Gasteiger partial charge in [-0.15, -0.1) is 0 Å². The van der Waals surface area contributed by atoms with Crippen molar-refractivity contribution in [1.29, 1.82) is 0 Å². The van der Waals surface area contributed by atoms with Crippen LogP contribution in [-0.2, 0) is 6.54 Å². The van der Waals surface area contributed by atoms with E-state index in [1.165, 1.54) is 0 Å². The Morgan fingerprint density at radius 3 is 2.76 bits per heavy atom. The fourth-order valence-corrected chi connectivity index (χ4v) is 2.84. The van der Waals surface area contributed by atoms with E-state index in [4.69, 9.17) is 31.8 Å². The minimum absolute atomic E-state index is 0.189. The molecular formula is C15H18ClN3O2. The summed E-state index contributed by atoms with van der Waals surface area (Å²) in [6.07, 6.45) is 0. The van der Waals surface area contributed by atoms with Gasteiger partial charge in [-0.25, -0.2) is 4.98 Å². The van der Waals surface area contributed by atoms with Crippen LogP contribution in [0.2, 0.25) is 5.02 Å². The highest BCUT2D eigenvalue weighted by molar-refractivity contribution is 6.32. The largest absolute Gasteiger partial charge is 0.454 e. The van der Waals surface area contributed by atoms with Crippen molar-refractivity contribution < 1.29 is 9.47 Å². The topological polar surface area (TPSA) is 62.3 Å². The zero-order chi connectivity index (χ0) is 15.1. The van der Waals surface area contributed by atoms with E-state index in [1.54, 1.807) is 0 Å². The maximum Gasteiger partial charge on any atom is 0.231 e. The fourth-order valence-electron chi connectivity index (χ4n) is 2.57.